The molecule has 0 bridgehead atoms. The molecule has 1 aliphatic carbocycles. The quantitative estimate of drug-likeness (QED) is 0.550. The predicted octanol–water partition coefficient (Wildman–Crippen LogP) is 2.82. The maximum absolute atomic E-state index is 7.87. The van der Waals surface area contributed by atoms with Gasteiger partial charge >= 0.3 is 0 Å². The van der Waals surface area contributed by atoms with E-state index in [1.165, 1.54) is 12.0 Å². The molecule has 0 amide bonds. The zero-order chi connectivity index (χ0) is 8.89. The first-order valence-corrected chi connectivity index (χ1v) is 4.48. The van der Waals surface area contributed by atoms with Gasteiger partial charge in [0, 0.05) is 11.6 Å². The van der Waals surface area contributed by atoms with Crippen LogP contribution < -0.4 is 0 Å². The van der Waals surface area contributed by atoms with Crippen molar-refractivity contribution in [1.29, 1.82) is 0 Å². The lowest BCUT2D eigenvalue weighted by Crippen LogP contribution is -2.33. The SMILES string of the molecule is [2H]C1=Nc2ccccc2C12CCC2. The molecule has 1 aliphatic heterocycles. The van der Waals surface area contributed by atoms with E-state index in [0.717, 1.165) is 18.5 Å². The number of benzene rings is 1. The van der Waals surface area contributed by atoms with Gasteiger partial charge in [0.15, 0.2) is 0 Å². The van der Waals surface area contributed by atoms with Crippen molar-refractivity contribution in [3.05, 3.63) is 29.8 Å². The van der Waals surface area contributed by atoms with Crippen molar-refractivity contribution in [2.24, 2.45) is 4.99 Å². The molecule has 0 N–H and O–H groups in total. The topological polar surface area (TPSA) is 12.4 Å². The Morgan fingerprint density at radius 3 is 2.92 bits per heavy atom. The van der Waals surface area contributed by atoms with E-state index in [9.17, 15) is 0 Å². The van der Waals surface area contributed by atoms with Gasteiger partial charge in [0.05, 0.1) is 7.06 Å². The molecular weight excluding hydrogens is 146 g/mol. The first-order valence-electron chi connectivity index (χ1n) is 4.98. The molecule has 2 aliphatic rings. The minimum Gasteiger partial charge on any atom is -0.260 e. The number of aliphatic imine (C=N–C) groups is 1. The summed E-state index contributed by atoms with van der Waals surface area (Å²) in [6.45, 7) is 0. The van der Waals surface area contributed by atoms with Crippen LogP contribution in [0.1, 0.15) is 26.2 Å². The van der Waals surface area contributed by atoms with Crippen molar-refractivity contribution in [2.75, 3.05) is 0 Å². The molecule has 1 nitrogen and oxygen atoms in total. The van der Waals surface area contributed by atoms with Gasteiger partial charge in [-0.05, 0) is 24.5 Å². The molecular formula is C11H11N. The third-order valence-electron chi connectivity index (χ3n) is 3.02. The minimum absolute atomic E-state index is 0.0244. The molecule has 0 aromatic heterocycles. The van der Waals surface area contributed by atoms with Crippen molar-refractivity contribution in [2.45, 2.75) is 24.7 Å². The molecule has 0 radical (unpaired) electrons. The molecule has 1 saturated carbocycles. The number of para-hydroxylation sites is 1. The van der Waals surface area contributed by atoms with Gasteiger partial charge in [-0.25, -0.2) is 0 Å². The maximum Gasteiger partial charge on any atom is 0.0801 e. The molecule has 1 heteroatoms. The van der Waals surface area contributed by atoms with Gasteiger partial charge in [0.25, 0.3) is 0 Å². The van der Waals surface area contributed by atoms with Gasteiger partial charge in [-0.3, -0.25) is 4.99 Å². The zero-order valence-corrected chi connectivity index (χ0v) is 6.88. The smallest absolute Gasteiger partial charge is 0.0801 e. The van der Waals surface area contributed by atoms with Crippen molar-refractivity contribution >= 4 is 11.9 Å². The Morgan fingerprint density at radius 2 is 2.17 bits per heavy atom. The molecule has 60 valence electrons. The Bertz CT molecular complexity index is 391. The highest BCUT2D eigenvalue weighted by Gasteiger charge is 2.41. The van der Waals surface area contributed by atoms with E-state index >= 15 is 0 Å². The van der Waals surface area contributed by atoms with Crippen LogP contribution in [0.3, 0.4) is 0 Å². The Hall–Kier alpha value is -1.11. The Labute approximate surface area is 73.5 Å². The summed E-state index contributed by atoms with van der Waals surface area (Å²) in [5, 5.41) is 0. The fourth-order valence-corrected chi connectivity index (χ4v) is 2.11. The molecule has 12 heavy (non-hydrogen) atoms. The summed E-state index contributed by atoms with van der Waals surface area (Å²) < 4.78 is 7.87. The van der Waals surface area contributed by atoms with E-state index in [1.54, 1.807) is 0 Å². The highest BCUT2D eigenvalue weighted by Crippen LogP contribution is 2.49. The van der Waals surface area contributed by atoms with E-state index in [4.69, 9.17) is 1.37 Å². The van der Waals surface area contributed by atoms with Crippen molar-refractivity contribution in [3.8, 4) is 0 Å². The molecule has 1 spiro atoms. The van der Waals surface area contributed by atoms with Crippen molar-refractivity contribution in [3.63, 3.8) is 0 Å². The molecule has 0 unspecified atom stereocenters. The van der Waals surface area contributed by atoms with E-state index in [-0.39, 0.29) is 5.41 Å². The summed E-state index contributed by atoms with van der Waals surface area (Å²) in [6, 6.07) is 8.18. The summed E-state index contributed by atoms with van der Waals surface area (Å²) in [4.78, 5) is 4.31. The Morgan fingerprint density at radius 1 is 1.33 bits per heavy atom. The largest absolute Gasteiger partial charge is 0.260 e. The van der Waals surface area contributed by atoms with Gasteiger partial charge in [0.1, 0.15) is 0 Å². The predicted molar refractivity (Wildman–Crippen MR) is 50.1 cm³/mol. The van der Waals surface area contributed by atoms with Crippen LogP contribution >= 0.6 is 0 Å². The summed E-state index contributed by atoms with van der Waals surface area (Å²) in [5.74, 6) is 0. The van der Waals surface area contributed by atoms with E-state index in [0.29, 0.717) is 6.19 Å². The van der Waals surface area contributed by atoms with Crippen LogP contribution in [0.15, 0.2) is 29.3 Å². The monoisotopic (exact) mass is 158 g/mol. The lowest BCUT2D eigenvalue weighted by atomic mass is 9.66. The number of fused-ring (bicyclic) bond motifs is 2. The van der Waals surface area contributed by atoms with Gasteiger partial charge in [0.2, 0.25) is 0 Å². The summed E-state index contributed by atoms with van der Waals surface area (Å²) in [5.41, 5.74) is 2.33. The lowest BCUT2D eigenvalue weighted by Gasteiger charge is -2.36. The summed E-state index contributed by atoms with van der Waals surface area (Å²) >= 11 is 0. The minimum atomic E-state index is 0.0244. The highest BCUT2D eigenvalue weighted by atomic mass is 14.8. The van der Waals surface area contributed by atoms with E-state index in [1.807, 2.05) is 18.2 Å². The zero-order valence-electron chi connectivity index (χ0n) is 7.88. The molecule has 1 aromatic rings. The number of hydrogen-bond acceptors (Lipinski definition) is 1. The molecule has 1 heterocycles. The van der Waals surface area contributed by atoms with Crippen molar-refractivity contribution in [1.82, 2.24) is 0 Å². The van der Waals surface area contributed by atoms with Crippen molar-refractivity contribution < 1.29 is 1.37 Å². The van der Waals surface area contributed by atoms with Crippen LogP contribution in [0.2, 0.25) is 0 Å². The first kappa shape index (κ1) is 5.52. The standard InChI is InChI=1S/C11H11N/c1-2-5-10-9(4-1)11(8-12-10)6-3-7-11/h1-2,4-5,8H,3,6-7H2/i8D. The van der Waals surface area contributed by atoms with Gasteiger partial charge in [-0.2, -0.15) is 0 Å². The number of rotatable bonds is 0. The molecule has 0 atom stereocenters. The van der Waals surface area contributed by atoms with E-state index < -0.39 is 0 Å². The van der Waals surface area contributed by atoms with Gasteiger partial charge in [-0.1, -0.05) is 24.6 Å². The fraction of sp³-hybridized carbons (Fsp3) is 0.364. The average molecular weight is 158 g/mol. The Kier molecular flexibility index (Phi) is 0.909. The van der Waals surface area contributed by atoms with Gasteiger partial charge < -0.3 is 0 Å². The van der Waals surface area contributed by atoms with Crippen LogP contribution in [0.4, 0.5) is 5.69 Å². The summed E-state index contributed by atoms with van der Waals surface area (Å²) in [7, 11) is 0. The second-order valence-corrected chi connectivity index (χ2v) is 3.68. The molecule has 1 fully saturated rings. The normalized spacial score (nSPS) is 24.3. The van der Waals surface area contributed by atoms with Crippen LogP contribution in [0.25, 0.3) is 0 Å². The highest BCUT2D eigenvalue weighted by molar-refractivity contribution is 5.86. The second-order valence-electron chi connectivity index (χ2n) is 3.68. The van der Waals surface area contributed by atoms with Crippen LogP contribution in [-0.2, 0) is 5.41 Å². The molecule has 3 rings (SSSR count). The average Bonchev–Trinajstić information content (AvgIpc) is 2.35. The summed E-state index contributed by atoms with van der Waals surface area (Å²) in [6.07, 6.45) is 4.06. The lowest BCUT2D eigenvalue weighted by molar-refractivity contribution is 0.354. The van der Waals surface area contributed by atoms with Crippen LogP contribution in [0.5, 0.6) is 0 Å². The maximum atomic E-state index is 7.87. The third kappa shape index (κ3) is 0.619. The number of nitrogens with zero attached hydrogens (tertiary/aromatic N) is 1. The van der Waals surface area contributed by atoms with Gasteiger partial charge in [-0.15, -0.1) is 0 Å². The fourth-order valence-electron chi connectivity index (χ4n) is 2.11. The molecule has 0 saturated heterocycles. The molecule has 1 aromatic carbocycles. The first-order chi connectivity index (χ1) is 6.33. The van der Waals surface area contributed by atoms with Crippen LogP contribution in [0, 0.1) is 0 Å². The van der Waals surface area contributed by atoms with E-state index in [2.05, 4.69) is 11.1 Å². The second kappa shape index (κ2) is 1.98. The number of hydrogen-bond donors (Lipinski definition) is 0. The third-order valence-corrected chi connectivity index (χ3v) is 3.02. The van der Waals surface area contributed by atoms with Crippen LogP contribution in [-0.4, -0.2) is 6.19 Å². The Balaban J connectivity index is 2.22.